The van der Waals surface area contributed by atoms with Gasteiger partial charge in [-0.3, -0.25) is 4.79 Å². The standard InChI is InChI=1S/C24H20N2O2S/c1-26-21(17-13-15-20(28-2)16-14-17)22(18-9-5-3-6-10-18)29-24(26)25-23(27)19-11-7-4-8-12-19/h3-16H,1-2H3. The molecule has 29 heavy (non-hydrogen) atoms. The van der Waals surface area contributed by atoms with E-state index in [4.69, 9.17) is 4.74 Å². The number of benzene rings is 3. The molecule has 0 saturated carbocycles. The summed E-state index contributed by atoms with van der Waals surface area (Å²) >= 11 is 1.51. The summed E-state index contributed by atoms with van der Waals surface area (Å²) in [6, 6.07) is 27.2. The highest BCUT2D eigenvalue weighted by Crippen LogP contribution is 2.34. The minimum absolute atomic E-state index is 0.247. The van der Waals surface area contributed by atoms with Crippen molar-refractivity contribution in [3.8, 4) is 27.4 Å². The van der Waals surface area contributed by atoms with Crippen molar-refractivity contribution in [1.82, 2.24) is 4.57 Å². The second-order valence-corrected chi connectivity index (χ2v) is 7.48. The van der Waals surface area contributed by atoms with E-state index in [9.17, 15) is 4.79 Å². The number of ether oxygens (including phenoxy) is 1. The summed E-state index contributed by atoms with van der Waals surface area (Å²) in [4.78, 5) is 18.8. The van der Waals surface area contributed by atoms with Gasteiger partial charge in [0.15, 0.2) is 4.80 Å². The van der Waals surface area contributed by atoms with Gasteiger partial charge >= 0.3 is 0 Å². The monoisotopic (exact) mass is 400 g/mol. The van der Waals surface area contributed by atoms with Gasteiger partial charge in [0.2, 0.25) is 0 Å². The maximum atomic E-state index is 12.7. The fourth-order valence-corrected chi connectivity index (χ4v) is 4.29. The molecule has 1 heterocycles. The Hall–Kier alpha value is -3.44. The summed E-state index contributed by atoms with van der Waals surface area (Å²) < 4.78 is 7.27. The summed E-state index contributed by atoms with van der Waals surface area (Å²) in [5.41, 5.74) is 3.72. The Labute approximate surface area is 173 Å². The van der Waals surface area contributed by atoms with Crippen LogP contribution in [0.25, 0.3) is 21.7 Å². The second-order valence-electron chi connectivity index (χ2n) is 6.50. The molecule has 0 atom stereocenters. The van der Waals surface area contributed by atoms with Gasteiger partial charge in [-0.05, 0) is 47.5 Å². The molecule has 0 unspecified atom stereocenters. The van der Waals surface area contributed by atoms with Crippen molar-refractivity contribution in [1.29, 1.82) is 0 Å². The van der Waals surface area contributed by atoms with Crippen LogP contribution in [0.2, 0.25) is 0 Å². The normalized spacial score (nSPS) is 11.4. The van der Waals surface area contributed by atoms with E-state index in [0.717, 1.165) is 27.4 Å². The lowest BCUT2D eigenvalue weighted by Gasteiger charge is -2.08. The van der Waals surface area contributed by atoms with E-state index in [0.29, 0.717) is 10.4 Å². The number of amides is 1. The number of hydrogen-bond acceptors (Lipinski definition) is 3. The Morgan fingerprint density at radius 3 is 2.10 bits per heavy atom. The SMILES string of the molecule is COc1ccc(-c2c(-c3ccccc3)sc(=NC(=O)c3ccccc3)n2C)cc1. The Kier molecular flexibility index (Phi) is 5.40. The number of methoxy groups -OCH3 is 1. The number of aromatic nitrogens is 1. The highest BCUT2D eigenvalue weighted by Gasteiger charge is 2.16. The maximum absolute atomic E-state index is 12.7. The quantitative estimate of drug-likeness (QED) is 0.474. The van der Waals surface area contributed by atoms with Crippen molar-refractivity contribution in [2.24, 2.45) is 12.0 Å². The molecule has 0 aliphatic heterocycles. The molecule has 0 saturated heterocycles. The molecule has 144 valence electrons. The van der Waals surface area contributed by atoms with Crippen molar-refractivity contribution in [3.63, 3.8) is 0 Å². The molecule has 0 aliphatic carbocycles. The predicted molar refractivity (Wildman–Crippen MR) is 117 cm³/mol. The molecule has 0 bridgehead atoms. The fraction of sp³-hybridized carbons (Fsp3) is 0.0833. The third-order valence-electron chi connectivity index (χ3n) is 4.65. The van der Waals surface area contributed by atoms with Crippen molar-refractivity contribution in [2.75, 3.05) is 7.11 Å². The molecule has 4 aromatic rings. The van der Waals surface area contributed by atoms with Crippen LogP contribution in [0.3, 0.4) is 0 Å². The molecule has 1 aromatic heterocycles. The van der Waals surface area contributed by atoms with E-state index in [1.165, 1.54) is 11.3 Å². The summed E-state index contributed by atoms with van der Waals surface area (Å²) in [7, 11) is 3.60. The molecular formula is C24H20N2O2S. The Morgan fingerprint density at radius 2 is 1.48 bits per heavy atom. The van der Waals surface area contributed by atoms with Gasteiger partial charge in [0.1, 0.15) is 5.75 Å². The lowest BCUT2D eigenvalue weighted by molar-refractivity contribution is 0.0998. The third kappa shape index (κ3) is 3.91. The zero-order valence-corrected chi connectivity index (χ0v) is 17.0. The highest BCUT2D eigenvalue weighted by molar-refractivity contribution is 7.13. The number of carbonyl (C=O) groups is 1. The zero-order chi connectivity index (χ0) is 20.2. The molecule has 3 aromatic carbocycles. The summed E-state index contributed by atoms with van der Waals surface area (Å²) in [5, 5.41) is 0. The van der Waals surface area contributed by atoms with Crippen molar-refractivity contribution in [3.05, 3.63) is 95.3 Å². The molecule has 4 nitrogen and oxygen atoms in total. The fourth-order valence-electron chi connectivity index (χ4n) is 3.14. The number of nitrogens with zero attached hydrogens (tertiary/aromatic N) is 2. The van der Waals surface area contributed by atoms with Crippen LogP contribution in [0.5, 0.6) is 5.75 Å². The zero-order valence-electron chi connectivity index (χ0n) is 16.2. The van der Waals surface area contributed by atoms with Crippen molar-refractivity contribution in [2.45, 2.75) is 0 Å². The first kappa shape index (κ1) is 18.9. The van der Waals surface area contributed by atoms with Gasteiger partial charge in [-0.1, -0.05) is 59.9 Å². The topological polar surface area (TPSA) is 43.6 Å². The number of rotatable bonds is 4. The van der Waals surface area contributed by atoms with Gasteiger partial charge < -0.3 is 9.30 Å². The molecule has 1 amide bonds. The molecule has 5 heteroatoms. The molecule has 4 rings (SSSR count). The minimum atomic E-state index is -0.247. The van der Waals surface area contributed by atoms with Crippen LogP contribution >= 0.6 is 11.3 Å². The maximum Gasteiger partial charge on any atom is 0.279 e. The predicted octanol–water partition coefficient (Wildman–Crippen LogP) is 5.17. The summed E-state index contributed by atoms with van der Waals surface area (Å²) in [6.07, 6.45) is 0. The van der Waals surface area contributed by atoms with Crippen LogP contribution in [0, 0.1) is 0 Å². The number of hydrogen-bond donors (Lipinski definition) is 0. The summed E-state index contributed by atoms with van der Waals surface area (Å²) in [6.45, 7) is 0. The first-order valence-electron chi connectivity index (χ1n) is 9.21. The van der Waals surface area contributed by atoms with Crippen LogP contribution < -0.4 is 9.54 Å². The van der Waals surface area contributed by atoms with E-state index < -0.39 is 0 Å². The van der Waals surface area contributed by atoms with Gasteiger partial charge in [0.05, 0.1) is 17.7 Å². The van der Waals surface area contributed by atoms with Crippen molar-refractivity contribution < 1.29 is 9.53 Å². The summed E-state index contributed by atoms with van der Waals surface area (Å²) in [5.74, 6) is 0.556. The van der Waals surface area contributed by atoms with Crippen LogP contribution in [0.15, 0.2) is 89.9 Å². The van der Waals surface area contributed by atoms with Crippen LogP contribution in [-0.2, 0) is 7.05 Å². The lowest BCUT2D eigenvalue weighted by Crippen LogP contribution is -2.14. The van der Waals surface area contributed by atoms with E-state index in [2.05, 4.69) is 17.1 Å². The molecule has 0 aliphatic rings. The van der Waals surface area contributed by atoms with Crippen LogP contribution in [0.4, 0.5) is 0 Å². The number of thiazole rings is 1. The smallest absolute Gasteiger partial charge is 0.279 e. The largest absolute Gasteiger partial charge is 0.497 e. The second kappa shape index (κ2) is 8.29. The van der Waals surface area contributed by atoms with E-state index in [1.54, 1.807) is 19.2 Å². The first-order chi connectivity index (χ1) is 14.2. The highest BCUT2D eigenvalue weighted by atomic mass is 32.1. The van der Waals surface area contributed by atoms with E-state index in [1.807, 2.05) is 72.3 Å². The lowest BCUT2D eigenvalue weighted by atomic mass is 10.1. The van der Waals surface area contributed by atoms with Gasteiger partial charge in [-0.15, -0.1) is 0 Å². The van der Waals surface area contributed by atoms with Gasteiger partial charge in [-0.2, -0.15) is 4.99 Å². The van der Waals surface area contributed by atoms with Crippen molar-refractivity contribution >= 4 is 17.2 Å². The van der Waals surface area contributed by atoms with E-state index in [-0.39, 0.29) is 5.91 Å². The number of carbonyl (C=O) groups excluding carboxylic acids is 1. The molecule has 0 fully saturated rings. The Morgan fingerprint density at radius 1 is 0.862 bits per heavy atom. The Balaban J connectivity index is 1.89. The van der Waals surface area contributed by atoms with Gasteiger partial charge in [0.25, 0.3) is 5.91 Å². The molecular weight excluding hydrogens is 380 g/mol. The van der Waals surface area contributed by atoms with Gasteiger partial charge in [-0.25, -0.2) is 0 Å². The average molecular weight is 401 g/mol. The molecule has 0 N–H and O–H groups in total. The van der Waals surface area contributed by atoms with Crippen LogP contribution in [-0.4, -0.2) is 17.6 Å². The van der Waals surface area contributed by atoms with Gasteiger partial charge in [0, 0.05) is 12.6 Å². The average Bonchev–Trinajstić information content (AvgIpc) is 3.11. The van der Waals surface area contributed by atoms with Crippen LogP contribution in [0.1, 0.15) is 10.4 Å². The molecule has 0 spiro atoms. The molecule has 0 radical (unpaired) electrons. The van der Waals surface area contributed by atoms with E-state index >= 15 is 0 Å². The third-order valence-corrected chi connectivity index (χ3v) is 5.83. The minimum Gasteiger partial charge on any atom is -0.497 e. The first-order valence-corrected chi connectivity index (χ1v) is 10.0. The Bertz CT molecular complexity index is 1190.